The number of methoxy groups -OCH3 is 1. The zero-order valence-electron chi connectivity index (χ0n) is 7.63. The number of aliphatic hydroxyl groups excluding tert-OH is 1. The van der Waals surface area contributed by atoms with Crippen LogP contribution in [0.25, 0.3) is 0 Å². The number of aliphatic hydroxyl groups is 1. The summed E-state index contributed by atoms with van der Waals surface area (Å²) in [5, 5.41) is 12.2. The van der Waals surface area contributed by atoms with Gasteiger partial charge in [-0.1, -0.05) is 0 Å². The Morgan fingerprint density at radius 3 is 2.55 bits per heavy atom. The van der Waals surface area contributed by atoms with E-state index in [2.05, 4.69) is 12.2 Å². The van der Waals surface area contributed by atoms with Gasteiger partial charge in [0.25, 0.3) is 0 Å². The minimum absolute atomic E-state index is 0.211. The molecule has 2 atom stereocenters. The molecule has 0 radical (unpaired) electrons. The van der Waals surface area contributed by atoms with Gasteiger partial charge in [-0.25, -0.2) is 0 Å². The lowest BCUT2D eigenvalue weighted by Gasteiger charge is -2.12. The van der Waals surface area contributed by atoms with Crippen LogP contribution in [0.2, 0.25) is 0 Å². The fraction of sp³-hybridized carbons (Fsp3) is 1.00. The molecule has 11 heavy (non-hydrogen) atoms. The maximum absolute atomic E-state index is 8.92. The normalized spacial score (nSPS) is 16.4. The first-order valence-electron chi connectivity index (χ1n) is 4.07. The molecule has 0 aromatic rings. The highest BCUT2D eigenvalue weighted by Gasteiger charge is 2.00. The Morgan fingerprint density at radius 1 is 1.45 bits per heavy atom. The summed E-state index contributed by atoms with van der Waals surface area (Å²) in [6, 6.07) is 0.374. The molecule has 0 aromatic heterocycles. The second kappa shape index (κ2) is 6.58. The molecule has 0 saturated carbocycles. The second-order valence-corrected chi connectivity index (χ2v) is 2.95. The van der Waals surface area contributed by atoms with Crippen LogP contribution < -0.4 is 5.32 Å². The molecule has 0 rings (SSSR count). The molecular formula is C8H19NO2. The molecule has 0 bridgehead atoms. The van der Waals surface area contributed by atoms with E-state index in [1.165, 1.54) is 0 Å². The molecule has 0 aliphatic carbocycles. The Bertz CT molecular complexity index is 86.2. The summed E-state index contributed by atoms with van der Waals surface area (Å²) in [6.45, 7) is 5.43. The average Bonchev–Trinajstić information content (AvgIpc) is 1.87. The van der Waals surface area contributed by atoms with Crippen molar-refractivity contribution < 1.29 is 9.84 Å². The first-order chi connectivity index (χ1) is 5.16. The quantitative estimate of drug-likeness (QED) is 0.592. The largest absolute Gasteiger partial charge is 0.393 e. The van der Waals surface area contributed by atoms with Gasteiger partial charge in [-0.2, -0.15) is 0 Å². The third kappa shape index (κ3) is 7.78. The van der Waals surface area contributed by atoms with E-state index in [9.17, 15) is 0 Å². The summed E-state index contributed by atoms with van der Waals surface area (Å²) in [7, 11) is 1.69. The number of hydrogen-bond donors (Lipinski definition) is 2. The molecular weight excluding hydrogens is 142 g/mol. The molecule has 3 nitrogen and oxygen atoms in total. The fourth-order valence-electron chi connectivity index (χ4n) is 0.848. The van der Waals surface area contributed by atoms with E-state index in [1.807, 2.05) is 0 Å². The van der Waals surface area contributed by atoms with Gasteiger partial charge in [0.15, 0.2) is 0 Å². The molecule has 0 spiro atoms. The van der Waals surface area contributed by atoms with Crippen molar-refractivity contribution in [3.8, 4) is 0 Å². The van der Waals surface area contributed by atoms with E-state index in [0.717, 1.165) is 19.6 Å². The zero-order valence-corrected chi connectivity index (χ0v) is 7.63. The van der Waals surface area contributed by atoms with Crippen molar-refractivity contribution >= 4 is 0 Å². The highest BCUT2D eigenvalue weighted by atomic mass is 16.5. The SMILES string of the molecule is COC[C@@H](C)NCC[C@@H](C)O. The van der Waals surface area contributed by atoms with Crippen LogP contribution in [0.1, 0.15) is 20.3 Å². The molecule has 0 saturated heterocycles. The zero-order chi connectivity index (χ0) is 8.69. The standard InChI is InChI=1S/C8H19NO2/c1-7(6-11-3)9-5-4-8(2)10/h7-10H,4-6H2,1-3H3/t7-,8-/m1/s1. The Labute approximate surface area is 68.8 Å². The van der Waals surface area contributed by atoms with Crippen molar-refractivity contribution in [1.29, 1.82) is 0 Å². The summed E-state index contributed by atoms with van der Waals surface area (Å²) >= 11 is 0. The minimum Gasteiger partial charge on any atom is -0.393 e. The van der Waals surface area contributed by atoms with E-state index in [4.69, 9.17) is 9.84 Å². The smallest absolute Gasteiger partial charge is 0.0613 e. The molecule has 0 unspecified atom stereocenters. The van der Waals surface area contributed by atoms with Crippen LogP contribution in [0, 0.1) is 0 Å². The highest BCUT2D eigenvalue weighted by Crippen LogP contribution is 1.88. The summed E-state index contributed by atoms with van der Waals surface area (Å²) < 4.78 is 4.94. The summed E-state index contributed by atoms with van der Waals surface area (Å²) in [5.41, 5.74) is 0. The Hall–Kier alpha value is -0.120. The van der Waals surface area contributed by atoms with Gasteiger partial charge in [0.2, 0.25) is 0 Å². The van der Waals surface area contributed by atoms with E-state index >= 15 is 0 Å². The van der Waals surface area contributed by atoms with Crippen LogP contribution in [0.3, 0.4) is 0 Å². The maximum Gasteiger partial charge on any atom is 0.0613 e. The van der Waals surface area contributed by atoms with Gasteiger partial charge in [-0.05, 0) is 26.8 Å². The highest BCUT2D eigenvalue weighted by molar-refractivity contribution is 4.59. The van der Waals surface area contributed by atoms with Crippen molar-refractivity contribution in [2.45, 2.75) is 32.4 Å². The lowest BCUT2D eigenvalue weighted by molar-refractivity contribution is 0.160. The molecule has 0 heterocycles. The van der Waals surface area contributed by atoms with E-state index in [1.54, 1.807) is 14.0 Å². The van der Waals surface area contributed by atoms with Crippen LogP contribution in [-0.2, 0) is 4.74 Å². The van der Waals surface area contributed by atoms with E-state index in [0.29, 0.717) is 6.04 Å². The van der Waals surface area contributed by atoms with Gasteiger partial charge in [0.1, 0.15) is 0 Å². The first-order valence-corrected chi connectivity index (χ1v) is 4.07. The predicted molar refractivity (Wildman–Crippen MR) is 45.6 cm³/mol. The third-order valence-corrected chi connectivity index (χ3v) is 1.47. The molecule has 68 valence electrons. The maximum atomic E-state index is 8.92. The molecule has 0 aromatic carbocycles. The molecule has 0 aliphatic heterocycles. The minimum atomic E-state index is -0.211. The van der Waals surface area contributed by atoms with Crippen molar-refractivity contribution in [3.63, 3.8) is 0 Å². The van der Waals surface area contributed by atoms with Gasteiger partial charge in [0, 0.05) is 13.2 Å². The average molecular weight is 161 g/mol. The monoisotopic (exact) mass is 161 g/mol. The molecule has 3 heteroatoms. The van der Waals surface area contributed by atoms with Crippen LogP contribution in [0.5, 0.6) is 0 Å². The fourth-order valence-corrected chi connectivity index (χ4v) is 0.848. The van der Waals surface area contributed by atoms with Gasteiger partial charge < -0.3 is 15.2 Å². The van der Waals surface area contributed by atoms with Gasteiger partial charge in [0.05, 0.1) is 12.7 Å². The predicted octanol–water partition coefficient (Wildman–Crippen LogP) is 0.382. The van der Waals surface area contributed by atoms with Crippen LogP contribution >= 0.6 is 0 Å². The number of nitrogens with one attached hydrogen (secondary N) is 1. The Kier molecular flexibility index (Phi) is 6.51. The number of ether oxygens (including phenoxy) is 1. The van der Waals surface area contributed by atoms with Gasteiger partial charge >= 0.3 is 0 Å². The molecule has 0 fully saturated rings. The summed E-state index contributed by atoms with van der Waals surface area (Å²) in [4.78, 5) is 0. The molecule has 2 N–H and O–H groups in total. The lowest BCUT2D eigenvalue weighted by atomic mass is 10.2. The third-order valence-electron chi connectivity index (χ3n) is 1.47. The number of hydrogen-bond acceptors (Lipinski definition) is 3. The van der Waals surface area contributed by atoms with Crippen molar-refractivity contribution in [2.24, 2.45) is 0 Å². The van der Waals surface area contributed by atoms with Crippen molar-refractivity contribution in [1.82, 2.24) is 5.32 Å². The second-order valence-electron chi connectivity index (χ2n) is 2.95. The van der Waals surface area contributed by atoms with E-state index in [-0.39, 0.29) is 6.10 Å². The van der Waals surface area contributed by atoms with Crippen molar-refractivity contribution in [3.05, 3.63) is 0 Å². The van der Waals surface area contributed by atoms with Crippen LogP contribution in [-0.4, -0.2) is 37.5 Å². The Balaban J connectivity index is 3.10. The first kappa shape index (κ1) is 10.9. The van der Waals surface area contributed by atoms with E-state index < -0.39 is 0 Å². The topological polar surface area (TPSA) is 41.5 Å². The van der Waals surface area contributed by atoms with Gasteiger partial charge in [-0.15, -0.1) is 0 Å². The number of rotatable bonds is 6. The Morgan fingerprint density at radius 2 is 2.09 bits per heavy atom. The van der Waals surface area contributed by atoms with Crippen molar-refractivity contribution in [2.75, 3.05) is 20.3 Å². The molecule has 0 aliphatic rings. The van der Waals surface area contributed by atoms with Crippen LogP contribution in [0.4, 0.5) is 0 Å². The lowest BCUT2D eigenvalue weighted by Crippen LogP contribution is -2.32. The summed E-state index contributed by atoms with van der Waals surface area (Å²) in [5.74, 6) is 0. The summed E-state index contributed by atoms with van der Waals surface area (Å²) in [6.07, 6.45) is 0.589. The van der Waals surface area contributed by atoms with Crippen LogP contribution in [0.15, 0.2) is 0 Å². The van der Waals surface area contributed by atoms with Gasteiger partial charge in [-0.3, -0.25) is 0 Å². The molecule has 0 amide bonds.